The molecule has 8 nitrogen and oxygen atoms in total. The highest BCUT2D eigenvalue weighted by molar-refractivity contribution is 6.08. The van der Waals surface area contributed by atoms with Gasteiger partial charge in [-0.25, -0.2) is 13.2 Å². The Morgan fingerprint density at radius 3 is 2.22 bits per heavy atom. The quantitative estimate of drug-likeness (QED) is 0.306. The van der Waals surface area contributed by atoms with Gasteiger partial charge in [0.15, 0.2) is 23.1 Å². The van der Waals surface area contributed by atoms with Crippen LogP contribution in [0.15, 0.2) is 60.8 Å². The predicted molar refractivity (Wildman–Crippen MR) is 130 cm³/mol. The first-order chi connectivity index (χ1) is 17.8. The number of halogens is 3. The van der Waals surface area contributed by atoms with Crippen molar-refractivity contribution in [3.8, 4) is 23.0 Å². The molecule has 0 aliphatic rings. The molecular formula is C26H20F3N3O5. The van der Waals surface area contributed by atoms with Crippen molar-refractivity contribution >= 4 is 34.1 Å². The van der Waals surface area contributed by atoms with Crippen molar-refractivity contribution in [2.24, 2.45) is 0 Å². The minimum absolute atomic E-state index is 0.0709. The van der Waals surface area contributed by atoms with Crippen LogP contribution in [-0.4, -0.2) is 31.0 Å². The Morgan fingerprint density at radius 2 is 1.51 bits per heavy atom. The Morgan fingerprint density at radius 1 is 0.784 bits per heavy atom. The van der Waals surface area contributed by atoms with Gasteiger partial charge >= 0.3 is 0 Å². The molecule has 0 fully saturated rings. The lowest BCUT2D eigenvalue weighted by Crippen LogP contribution is -2.22. The van der Waals surface area contributed by atoms with Gasteiger partial charge in [-0.2, -0.15) is 0 Å². The van der Waals surface area contributed by atoms with Crippen molar-refractivity contribution in [2.75, 3.05) is 24.9 Å². The van der Waals surface area contributed by atoms with Gasteiger partial charge < -0.3 is 24.8 Å². The smallest absolute Gasteiger partial charge is 0.233 e. The van der Waals surface area contributed by atoms with Gasteiger partial charge in [0.1, 0.15) is 23.8 Å². The Balaban J connectivity index is 1.44. The summed E-state index contributed by atoms with van der Waals surface area (Å²) in [7, 11) is 2.98. The van der Waals surface area contributed by atoms with Crippen LogP contribution in [0.1, 0.15) is 6.42 Å². The molecule has 0 radical (unpaired) electrons. The maximum atomic E-state index is 14.8. The normalized spacial score (nSPS) is 10.6. The number of aromatic nitrogens is 1. The average Bonchev–Trinajstić information content (AvgIpc) is 2.86. The minimum Gasteiger partial charge on any atom is -0.493 e. The van der Waals surface area contributed by atoms with E-state index in [0.29, 0.717) is 34.2 Å². The van der Waals surface area contributed by atoms with E-state index in [1.165, 1.54) is 32.5 Å². The topological polar surface area (TPSA) is 98.8 Å². The number of benzene rings is 3. The highest BCUT2D eigenvalue weighted by atomic mass is 19.1. The maximum absolute atomic E-state index is 14.8. The number of methoxy groups -OCH3 is 2. The van der Waals surface area contributed by atoms with E-state index in [1.807, 2.05) is 0 Å². The molecule has 0 aliphatic carbocycles. The summed E-state index contributed by atoms with van der Waals surface area (Å²) >= 11 is 0. The summed E-state index contributed by atoms with van der Waals surface area (Å²) in [5.74, 6) is -3.06. The van der Waals surface area contributed by atoms with Crippen LogP contribution in [0.25, 0.3) is 10.9 Å². The molecular weight excluding hydrogens is 491 g/mol. The molecule has 0 bridgehead atoms. The van der Waals surface area contributed by atoms with Crippen LogP contribution in [0, 0.1) is 17.5 Å². The first kappa shape index (κ1) is 25.3. The average molecular weight is 511 g/mol. The summed E-state index contributed by atoms with van der Waals surface area (Å²) in [5, 5.41) is 5.11. The first-order valence-electron chi connectivity index (χ1n) is 10.8. The maximum Gasteiger partial charge on any atom is 0.233 e. The highest BCUT2D eigenvalue weighted by Crippen LogP contribution is 2.37. The van der Waals surface area contributed by atoms with Crippen molar-refractivity contribution in [1.29, 1.82) is 0 Å². The summed E-state index contributed by atoms with van der Waals surface area (Å²) in [6, 6.07) is 11.2. The van der Waals surface area contributed by atoms with Gasteiger partial charge in [-0.1, -0.05) is 0 Å². The molecule has 0 saturated heterocycles. The first-order valence-corrected chi connectivity index (χ1v) is 10.8. The molecule has 190 valence electrons. The van der Waals surface area contributed by atoms with E-state index in [1.54, 1.807) is 18.2 Å². The van der Waals surface area contributed by atoms with E-state index in [9.17, 15) is 22.8 Å². The summed E-state index contributed by atoms with van der Waals surface area (Å²) in [6.45, 7) is 0. The SMILES string of the molecule is COc1cc2nccc(Oc3ccc(NC(=O)CC(=O)Nc4ccc(F)cc4F)cc3F)c2cc1OC. The number of nitrogens with one attached hydrogen (secondary N) is 2. The molecule has 0 saturated carbocycles. The number of fused-ring (bicyclic) bond motifs is 1. The molecule has 11 heteroatoms. The van der Waals surface area contributed by atoms with E-state index in [4.69, 9.17) is 14.2 Å². The Bertz CT molecular complexity index is 1500. The fourth-order valence-electron chi connectivity index (χ4n) is 3.45. The third-order valence-electron chi connectivity index (χ3n) is 5.17. The van der Waals surface area contributed by atoms with Crippen LogP contribution >= 0.6 is 0 Å². The van der Waals surface area contributed by atoms with Crippen molar-refractivity contribution in [3.63, 3.8) is 0 Å². The second-order valence-corrected chi connectivity index (χ2v) is 7.68. The van der Waals surface area contributed by atoms with Crippen molar-refractivity contribution in [1.82, 2.24) is 4.98 Å². The zero-order chi connectivity index (χ0) is 26.5. The number of hydrogen-bond acceptors (Lipinski definition) is 6. The standard InChI is InChI=1S/C26H20F3N3O5/c1-35-23-11-16-20(12-24(23)36-2)30-8-7-21(16)37-22-6-4-15(10-18(22)29)31-25(33)13-26(34)32-19-5-3-14(27)9-17(19)28/h3-12H,13H2,1-2H3,(H,31,33)(H,32,34). The van der Waals surface area contributed by atoms with E-state index in [-0.39, 0.29) is 17.1 Å². The third kappa shape index (κ3) is 5.89. The number of nitrogens with zero attached hydrogens (tertiary/aromatic N) is 1. The minimum atomic E-state index is -0.981. The van der Waals surface area contributed by atoms with Gasteiger partial charge in [-0.15, -0.1) is 0 Å². The zero-order valence-corrected chi connectivity index (χ0v) is 19.6. The number of hydrogen-bond donors (Lipinski definition) is 2. The molecule has 0 atom stereocenters. The molecule has 3 aromatic carbocycles. The van der Waals surface area contributed by atoms with Gasteiger partial charge in [0.05, 0.1) is 25.4 Å². The molecule has 0 aliphatic heterocycles. The van der Waals surface area contributed by atoms with Crippen LogP contribution in [0.4, 0.5) is 24.5 Å². The van der Waals surface area contributed by atoms with E-state index in [0.717, 1.165) is 18.2 Å². The molecule has 4 aromatic rings. The Hall–Kier alpha value is -4.80. The van der Waals surface area contributed by atoms with E-state index in [2.05, 4.69) is 15.6 Å². The molecule has 37 heavy (non-hydrogen) atoms. The lowest BCUT2D eigenvalue weighted by atomic mass is 10.2. The van der Waals surface area contributed by atoms with Crippen molar-refractivity contribution in [3.05, 3.63) is 78.2 Å². The van der Waals surface area contributed by atoms with Gasteiger partial charge in [0, 0.05) is 35.5 Å². The van der Waals surface area contributed by atoms with E-state index >= 15 is 0 Å². The molecule has 1 aromatic heterocycles. The van der Waals surface area contributed by atoms with Gasteiger partial charge in [0.2, 0.25) is 11.8 Å². The van der Waals surface area contributed by atoms with Crippen LogP contribution in [0.2, 0.25) is 0 Å². The van der Waals surface area contributed by atoms with Crippen molar-refractivity contribution in [2.45, 2.75) is 6.42 Å². The summed E-state index contributed by atoms with van der Waals surface area (Å²) in [5.41, 5.74) is 0.339. The number of carbonyl (C=O) groups excluding carboxylic acids is 2. The van der Waals surface area contributed by atoms with Crippen molar-refractivity contribution < 1.29 is 37.0 Å². The molecule has 2 N–H and O–H groups in total. The number of ether oxygens (including phenoxy) is 3. The monoisotopic (exact) mass is 511 g/mol. The Kier molecular flexibility index (Phi) is 7.42. The predicted octanol–water partition coefficient (Wildman–Crippen LogP) is 5.43. The largest absolute Gasteiger partial charge is 0.493 e. The summed E-state index contributed by atoms with van der Waals surface area (Å²) < 4.78 is 57.8. The van der Waals surface area contributed by atoms with Gasteiger partial charge in [-0.05, 0) is 36.4 Å². The molecule has 2 amide bonds. The van der Waals surface area contributed by atoms with Crippen LogP contribution in [0.3, 0.4) is 0 Å². The lowest BCUT2D eigenvalue weighted by molar-refractivity contribution is -0.123. The van der Waals surface area contributed by atoms with Gasteiger partial charge in [-0.3, -0.25) is 14.6 Å². The molecule has 0 unspecified atom stereocenters. The Labute approximate surface area is 209 Å². The fourth-order valence-corrected chi connectivity index (χ4v) is 3.45. The van der Waals surface area contributed by atoms with Crippen LogP contribution in [-0.2, 0) is 9.59 Å². The number of pyridine rings is 1. The van der Waals surface area contributed by atoms with Crippen LogP contribution in [0.5, 0.6) is 23.0 Å². The zero-order valence-electron chi connectivity index (χ0n) is 19.6. The fraction of sp³-hybridized carbons (Fsp3) is 0.115. The molecule has 4 rings (SSSR count). The number of amides is 2. The second-order valence-electron chi connectivity index (χ2n) is 7.68. The van der Waals surface area contributed by atoms with E-state index < -0.39 is 35.7 Å². The molecule has 1 heterocycles. The van der Waals surface area contributed by atoms with Crippen LogP contribution < -0.4 is 24.8 Å². The third-order valence-corrected chi connectivity index (χ3v) is 5.17. The second kappa shape index (κ2) is 10.9. The number of carbonyl (C=O) groups is 2. The highest BCUT2D eigenvalue weighted by Gasteiger charge is 2.16. The number of rotatable bonds is 8. The lowest BCUT2D eigenvalue weighted by Gasteiger charge is -2.13. The number of anilines is 2. The molecule has 0 spiro atoms. The van der Waals surface area contributed by atoms with Gasteiger partial charge in [0.25, 0.3) is 0 Å². The summed E-state index contributed by atoms with van der Waals surface area (Å²) in [4.78, 5) is 28.5. The summed E-state index contributed by atoms with van der Waals surface area (Å²) in [6.07, 6.45) is 0.823.